The van der Waals surface area contributed by atoms with Gasteiger partial charge in [0.1, 0.15) is 12.4 Å². The third-order valence-corrected chi connectivity index (χ3v) is 14.4. The maximum Gasteiger partial charge on any atom is 0.419 e. The zero-order valence-corrected chi connectivity index (χ0v) is 42.1. The van der Waals surface area contributed by atoms with E-state index in [-0.39, 0.29) is 32.3 Å². The minimum atomic E-state index is -0.582. The summed E-state index contributed by atoms with van der Waals surface area (Å²) in [5.41, 5.74) is 5.19. The van der Waals surface area contributed by atoms with Crippen LogP contribution in [0.1, 0.15) is 114 Å². The van der Waals surface area contributed by atoms with Gasteiger partial charge in [-0.05, 0) is 73.6 Å². The maximum absolute atomic E-state index is 13.7. The van der Waals surface area contributed by atoms with Crippen molar-refractivity contribution in [2.75, 3.05) is 59.7 Å². The third kappa shape index (κ3) is 25.2. The third-order valence-electron chi connectivity index (χ3n) is 9.68. The van der Waals surface area contributed by atoms with Gasteiger partial charge in [-0.25, -0.2) is 14.7 Å². The van der Waals surface area contributed by atoms with E-state index in [2.05, 4.69) is 58.6 Å². The average molecular weight is 942 g/mol. The number of nitrogens with one attached hydrogen (secondary N) is 1. The molecule has 3 aromatic rings. The van der Waals surface area contributed by atoms with Gasteiger partial charge in [0.15, 0.2) is 0 Å². The predicted molar refractivity (Wildman–Crippen MR) is 280 cm³/mol. The number of unbranched alkanes of at least 4 members (excludes halogenated alkanes) is 4. The van der Waals surface area contributed by atoms with Crippen LogP contribution in [0.3, 0.4) is 0 Å². The van der Waals surface area contributed by atoms with Crippen LogP contribution in [0, 0.1) is 18.8 Å². The van der Waals surface area contributed by atoms with E-state index in [0.717, 1.165) is 29.1 Å². The summed E-state index contributed by atoms with van der Waals surface area (Å²) in [6.45, 7) is 19.5. The molecule has 0 bridgehead atoms. The number of benzene rings is 3. The number of anilines is 2. The summed E-state index contributed by atoms with van der Waals surface area (Å²) in [6, 6.07) is 23.0. The highest BCUT2D eigenvalue weighted by Crippen LogP contribution is 2.29. The van der Waals surface area contributed by atoms with E-state index in [1.807, 2.05) is 61.5 Å². The van der Waals surface area contributed by atoms with Gasteiger partial charge < -0.3 is 25.4 Å². The van der Waals surface area contributed by atoms with Crippen molar-refractivity contribution in [3.63, 3.8) is 0 Å². The first-order chi connectivity index (χ1) is 30.5. The minimum Gasteiger partial charge on any atom is -0.448 e. The van der Waals surface area contributed by atoms with Gasteiger partial charge in [-0.2, -0.15) is 0 Å². The van der Waals surface area contributed by atoms with Gasteiger partial charge in [-0.3, -0.25) is 4.79 Å². The molecule has 2 unspecified atom stereocenters. The number of carbonyl (C=O) groups excluding carboxylic acids is 2. The monoisotopic (exact) mass is 941 g/mol. The van der Waals surface area contributed by atoms with Crippen LogP contribution in [0.5, 0.6) is 0 Å². The van der Waals surface area contributed by atoms with Gasteiger partial charge in [-0.1, -0.05) is 184 Å². The standard InChI is InChI=1S/C42H55N3O4S2.C4H10O2S2.C4H10/c1-7-9-10-12-16-31(3)33(5)29-35-20-22-37(23-21-35)41(47)44-38-24-19-32(4)40(30-38)45(42(48)49-26-28-51-50-27-25-46)34(6)43-39(15-8-2)36-17-13-11-14-18-36;5-1-3-7-8-4-2-6;1-3-4-2/h8,11,13-15,17-24,30-31,33,46H,2,7,9-10,12,16,25-29H2,1,3-6H3,(H,44,47);5-6H,1-4H2;3-4H2,1-2H3/b39-15-,43-34?;;. The highest BCUT2D eigenvalue weighted by molar-refractivity contribution is 8.77. The molecule has 9 nitrogen and oxygen atoms in total. The van der Waals surface area contributed by atoms with E-state index >= 15 is 0 Å². The van der Waals surface area contributed by atoms with Crippen LogP contribution in [0.25, 0.3) is 5.70 Å². The van der Waals surface area contributed by atoms with Crippen LogP contribution in [0.15, 0.2) is 96.5 Å². The summed E-state index contributed by atoms with van der Waals surface area (Å²) in [7, 11) is 6.23. The van der Waals surface area contributed by atoms with Crippen molar-refractivity contribution in [2.24, 2.45) is 16.8 Å². The van der Waals surface area contributed by atoms with Crippen molar-refractivity contribution in [1.29, 1.82) is 0 Å². The number of carbonyl (C=O) groups is 2. The molecule has 0 aromatic heterocycles. The molecule has 13 heteroatoms. The van der Waals surface area contributed by atoms with E-state index in [4.69, 9.17) is 25.0 Å². The molecule has 63 heavy (non-hydrogen) atoms. The molecule has 0 saturated heterocycles. The molecule has 3 rings (SSSR count). The van der Waals surface area contributed by atoms with Gasteiger partial charge in [0, 0.05) is 39.8 Å². The van der Waals surface area contributed by atoms with E-state index in [1.165, 1.54) is 77.0 Å². The Morgan fingerprint density at radius 1 is 0.778 bits per heavy atom. The van der Waals surface area contributed by atoms with Crippen LogP contribution < -0.4 is 10.2 Å². The first-order valence-corrected chi connectivity index (χ1v) is 27.2. The number of hydrogen-bond donors (Lipinski definition) is 4. The number of nitrogens with zero attached hydrogens (tertiary/aromatic N) is 2. The van der Waals surface area contributed by atoms with Crippen LogP contribution >= 0.6 is 43.2 Å². The molecule has 0 saturated carbocycles. The summed E-state index contributed by atoms with van der Waals surface area (Å²) in [5, 5.41) is 28.6. The summed E-state index contributed by atoms with van der Waals surface area (Å²) >= 11 is 0. The number of aliphatic imine (C=N–C) groups is 1. The second kappa shape index (κ2) is 37.1. The van der Waals surface area contributed by atoms with Crippen molar-refractivity contribution in [3.05, 3.63) is 114 Å². The summed E-state index contributed by atoms with van der Waals surface area (Å²) in [4.78, 5) is 33.4. The zero-order valence-electron chi connectivity index (χ0n) is 38.9. The Hall–Kier alpha value is -3.17. The van der Waals surface area contributed by atoms with Gasteiger partial charge in [-0.15, -0.1) is 0 Å². The number of aliphatic hydroxyl groups is 3. The summed E-state index contributed by atoms with van der Waals surface area (Å²) < 4.78 is 5.72. The number of amidine groups is 1. The van der Waals surface area contributed by atoms with E-state index in [0.29, 0.717) is 51.8 Å². The molecule has 0 spiro atoms. The predicted octanol–water partition coefficient (Wildman–Crippen LogP) is 13.2. The topological polar surface area (TPSA) is 132 Å². The normalized spacial score (nSPS) is 12.2. The van der Waals surface area contributed by atoms with Gasteiger partial charge in [0.25, 0.3) is 5.91 Å². The number of ether oxygens (including phenoxy) is 1. The smallest absolute Gasteiger partial charge is 0.419 e. The Morgan fingerprint density at radius 3 is 1.94 bits per heavy atom. The largest absolute Gasteiger partial charge is 0.448 e. The Bertz CT molecular complexity index is 1740. The lowest BCUT2D eigenvalue weighted by molar-refractivity contribution is 0.102. The lowest BCUT2D eigenvalue weighted by Crippen LogP contribution is -2.37. The first kappa shape index (κ1) is 57.8. The number of aliphatic hydroxyl groups excluding tert-OH is 3. The highest BCUT2D eigenvalue weighted by Gasteiger charge is 2.24. The molecule has 3 aromatic carbocycles. The molecular formula is C50H75N3O6S4. The molecule has 2 amide bonds. The molecule has 0 aliphatic heterocycles. The summed E-state index contributed by atoms with van der Waals surface area (Å²) in [5.74, 6) is 4.07. The quantitative estimate of drug-likeness (QED) is 0.0203. The van der Waals surface area contributed by atoms with Crippen molar-refractivity contribution >= 4 is 78.1 Å². The van der Waals surface area contributed by atoms with Crippen molar-refractivity contribution in [2.45, 2.75) is 99.8 Å². The van der Waals surface area contributed by atoms with Crippen LogP contribution in [0.2, 0.25) is 0 Å². The van der Waals surface area contributed by atoms with Crippen molar-refractivity contribution in [1.82, 2.24) is 0 Å². The SMILES string of the molecule is C=C/C=C(\N=C(C)N(C(=O)OCCSSCCO)c1cc(NC(=O)c2ccc(CC(C)C(C)CCCCCC)cc2)ccc1C)c1ccccc1.CCCC.OCCSSCCO. The molecule has 0 heterocycles. The minimum absolute atomic E-state index is 0.0955. The number of rotatable bonds is 26. The number of hydrogen-bond acceptors (Lipinski definition) is 11. The summed E-state index contributed by atoms with van der Waals surface area (Å²) in [6.07, 6.45) is 12.9. The maximum atomic E-state index is 13.7. The molecule has 2 atom stereocenters. The van der Waals surface area contributed by atoms with Crippen LogP contribution in [0.4, 0.5) is 16.2 Å². The van der Waals surface area contributed by atoms with E-state index in [1.54, 1.807) is 46.7 Å². The van der Waals surface area contributed by atoms with Crippen LogP contribution in [-0.2, 0) is 11.2 Å². The number of aryl methyl sites for hydroxylation is 1. The fraction of sp³-hybridized carbons (Fsp3) is 0.500. The lowest BCUT2D eigenvalue weighted by Gasteiger charge is -2.24. The molecule has 350 valence electrons. The lowest BCUT2D eigenvalue weighted by atomic mass is 9.86. The zero-order chi connectivity index (χ0) is 46.7. The number of allylic oxidation sites excluding steroid dienone is 2. The van der Waals surface area contributed by atoms with E-state index in [9.17, 15) is 9.59 Å². The average Bonchev–Trinajstić information content (AvgIpc) is 3.29. The molecule has 0 radical (unpaired) electrons. The molecule has 4 N–H and O–H groups in total. The molecule has 0 aliphatic rings. The van der Waals surface area contributed by atoms with Crippen LogP contribution in [-0.4, -0.2) is 82.6 Å². The Morgan fingerprint density at radius 2 is 1.38 bits per heavy atom. The highest BCUT2D eigenvalue weighted by atomic mass is 33.1. The molecular weight excluding hydrogens is 867 g/mol. The molecule has 0 fully saturated rings. The Kier molecular flexibility index (Phi) is 34.1. The van der Waals surface area contributed by atoms with Gasteiger partial charge >= 0.3 is 6.09 Å². The molecule has 0 aliphatic carbocycles. The second-order valence-corrected chi connectivity index (χ2v) is 20.3. The van der Waals surface area contributed by atoms with Gasteiger partial charge in [0.05, 0.1) is 31.2 Å². The number of amides is 2. The van der Waals surface area contributed by atoms with Gasteiger partial charge in [0.2, 0.25) is 0 Å². The second-order valence-electron chi connectivity index (χ2n) is 14.9. The fourth-order valence-electron chi connectivity index (χ4n) is 5.80. The Labute approximate surface area is 395 Å². The first-order valence-electron chi connectivity index (χ1n) is 22.2. The van der Waals surface area contributed by atoms with Crippen molar-refractivity contribution < 1.29 is 29.6 Å². The fourth-order valence-corrected chi connectivity index (χ4v) is 8.93. The van der Waals surface area contributed by atoms with E-state index < -0.39 is 6.09 Å². The Balaban J connectivity index is 0.00000145. The van der Waals surface area contributed by atoms with Crippen molar-refractivity contribution in [3.8, 4) is 0 Å².